The molecule has 0 bridgehead atoms. The maximum atomic E-state index is 11.1. The lowest BCUT2D eigenvalue weighted by Crippen LogP contribution is -2.29. The number of carbonyl (C=O) groups is 1. The van der Waals surface area contributed by atoms with E-state index in [2.05, 4.69) is 6.07 Å². The molecule has 0 atom stereocenters. The van der Waals surface area contributed by atoms with Crippen molar-refractivity contribution in [1.29, 1.82) is 0 Å². The molecule has 2 aromatic heterocycles. The predicted molar refractivity (Wildman–Crippen MR) is 68.0 cm³/mol. The quantitative estimate of drug-likeness (QED) is 0.361. The molecule has 0 aliphatic heterocycles. The Morgan fingerprint density at radius 2 is 2.33 bits per heavy atom. The molecular weight excluding hydrogens is 252 g/mol. The van der Waals surface area contributed by atoms with Crippen LogP contribution in [-0.4, -0.2) is 12.5 Å². The van der Waals surface area contributed by atoms with Gasteiger partial charge in [0.25, 0.3) is 0 Å². The lowest BCUT2D eigenvalue weighted by atomic mass is 10.4. The number of carbonyl (C=O) groups excluding carboxylic acids is 1. The molecule has 0 fully saturated rings. The first kappa shape index (κ1) is 12.8. The first-order valence-corrected chi connectivity index (χ1v) is 6.37. The highest BCUT2D eigenvalue weighted by molar-refractivity contribution is 7.09. The number of nitrogen functional groups attached to an aromatic ring is 1. The van der Waals surface area contributed by atoms with Crippen molar-refractivity contribution in [2.75, 3.05) is 6.61 Å². The minimum atomic E-state index is -0.445. The van der Waals surface area contributed by atoms with Crippen molar-refractivity contribution >= 4 is 17.2 Å². The van der Waals surface area contributed by atoms with E-state index in [0.29, 0.717) is 19.0 Å². The Hall–Kier alpha value is -1.63. The highest BCUT2D eigenvalue weighted by Gasteiger charge is 2.09. The van der Waals surface area contributed by atoms with Crippen LogP contribution in [0.1, 0.15) is 21.2 Å². The molecular formula is C12H14N2O3S. The third kappa shape index (κ3) is 3.43. The van der Waals surface area contributed by atoms with E-state index in [1.165, 1.54) is 4.88 Å². The smallest absolute Gasteiger partial charge is 0.300 e. The molecule has 0 aromatic carbocycles. The fraction of sp³-hybridized carbons (Fsp3) is 0.250. The van der Waals surface area contributed by atoms with Gasteiger partial charge in [-0.1, -0.05) is 6.07 Å². The van der Waals surface area contributed by atoms with Gasteiger partial charge in [-0.05, 0) is 23.6 Å². The highest BCUT2D eigenvalue weighted by Crippen LogP contribution is 2.11. The van der Waals surface area contributed by atoms with E-state index in [-0.39, 0.29) is 5.76 Å². The van der Waals surface area contributed by atoms with Gasteiger partial charge >= 0.3 is 5.91 Å². The number of furan rings is 1. The topological polar surface area (TPSA) is 77.5 Å². The molecule has 0 aliphatic rings. The summed E-state index contributed by atoms with van der Waals surface area (Å²) in [6.45, 7) is 0.975. The normalized spacial score (nSPS) is 10.5. The molecule has 5 nitrogen and oxygen atoms in total. The molecule has 0 radical (unpaired) electrons. The van der Waals surface area contributed by atoms with Gasteiger partial charge in [0.15, 0.2) is 5.76 Å². The Morgan fingerprint density at radius 3 is 3.06 bits per heavy atom. The average molecular weight is 266 g/mol. The fourth-order valence-corrected chi connectivity index (χ4v) is 2.14. The second-order valence-corrected chi connectivity index (χ2v) is 4.65. The van der Waals surface area contributed by atoms with Crippen molar-refractivity contribution in [3.8, 4) is 0 Å². The van der Waals surface area contributed by atoms with E-state index in [1.807, 2.05) is 16.9 Å². The van der Waals surface area contributed by atoms with Crippen LogP contribution in [0.3, 0.4) is 0 Å². The van der Waals surface area contributed by atoms with E-state index in [0.717, 1.165) is 6.42 Å². The molecule has 18 heavy (non-hydrogen) atoms. The van der Waals surface area contributed by atoms with Crippen molar-refractivity contribution < 1.29 is 13.9 Å². The standard InChI is InChI=1S/C12H14N2O3S/c13-14-12(15)11-4-3-9(17-11)8-16-6-5-10-2-1-7-18-10/h1-4,7H,5-6,8,13H2,(H,14,15). The summed E-state index contributed by atoms with van der Waals surface area (Å²) < 4.78 is 10.7. The molecule has 0 spiro atoms. The van der Waals surface area contributed by atoms with E-state index < -0.39 is 5.91 Å². The van der Waals surface area contributed by atoms with Crippen LogP contribution in [-0.2, 0) is 17.8 Å². The number of nitrogens with one attached hydrogen (secondary N) is 1. The Bertz CT molecular complexity index is 493. The summed E-state index contributed by atoms with van der Waals surface area (Å²) >= 11 is 1.71. The van der Waals surface area contributed by atoms with Gasteiger partial charge in [0.05, 0.1) is 6.61 Å². The van der Waals surface area contributed by atoms with Crippen molar-refractivity contribution in [2.24, 2.45) is 5.84 Å². The zero-order valence-electron chi connectivity index (χ0n) is 9.72. The third-order valence-corrected chi connectivity index (χ3v) is 3.27. The molecule has 0 saturated carbocycles. The number of hydrogen-bond donors (Lipinski definition) is 2. The van der Waals surface area contributed by atoms with E-state index in [4.69, 9.17) is 15.0 Å². The van der Waals surface area contributed by atoms with Crippen LogP contribution in [0.5, 0.6) is 0 Å². The Labute approximate surface area is 109 Å². The van der Waals surface area contributed by atoms with E-state index in [1.54, 1.807) is 23.5 Å². The van der Waals surface area contributed by atoms with Gasteiger partial charge in [0, 0.05) is 11.3 Å². The van der Waals surface area contributed by atoms with Crippen LogP contribution in [0, 0.1) is 0 Å². The minimum Gasteiger partial charge on any atom is -0.453 e. The van der Waals surface area contributed by atoms with Crippen LogP contribution >= 0.6 is 11.3 Å². The molecule has 0 saturated heterocycles. The van der Waals surface area contributed by atoms with Crippen LogP contribution in [0.2, 0.25) is 0 Å². The van der Waals surface area contributed by atoms with Crippen LogP contribution in [0.25, 0.3) is 0 Å². The minimum absolute atomic E-state index is 0.189. The van der Waals surface area contributed by atoms with Crippen molar-refractivity contribution in [3.05, 3.63) is 46.0 Å². The molecule has 6 heteroatoms. The van der Waals surface area contributed by atoms with Crippen LogP contribution in [0.15, 0.2) is 34.1 Å². The largest absolute Gasteiger partial charge is 0.453 e. The summed E-state index contributed by atoms with van der Waals surface area (Å²) in [7, 11) is 0. The maximum Gasteiger partial charge on any atom is 0.300 e. The molecule has 1 amide bonds. The monoisotopic (exact) mass is 266 g/mol. The molecule has 96 valence electrons. The molecule has 2 aromatic rings. The van der Waals surface area contributed by atoms with Gasteiger partial charge < -0.3 is 9.15 Å². The van der Waals surface area contributed by atoms with E-state index in [9.17, 15) is 4.79 Å². The van der Waals surface area contributed by atoms with Gasteiger partial charge in [-0.25, -0.2) is 5.84 Å². The summed E-state index contributed by atoms with van der Waals surface area (Å²) in [5.74, 6) is 5.36. The van der Waals surface area contributed by atoms with Crippen LogP contribution in [0.4, 0.5) is 0 Å². The van der Waals surface area contributed by atoms with Crippen molar-refractivity contribution in [1.82, 2.24) is 5.43 Å². The molecule has 3 N–H and O–H groups in total. The first-order chi connectivity index (χ1) is 8.79. The van der Waals surface area contributed by atoms with Crippen molar-refractivity contribution in [2.45, 2.75) is 13.0 Å². The van der Waals surface area contributed by atoms with E-state index >= 15 is 0 Å². The molecule has 0 aliphatic carbocycles. The van der Waals surface area contributed by atoms with Gasteiger partial charge in [-0.15, -0.1) is 11.3 Å². The lowest BCUT2D eigenvalue weighted by Gasteiger charge is -2.00. The number of thiophene rings is 1. The summed E-state index contributed by atoms with van der Waals surface area (Å²) in [5, 5.41) is 2.04. The highest BCUT2D eigenvalue weighted by atomic mass is 32.1. The molecule has 2 heterocycles. The summed E-state index contributed by atoms with van der Waals surface area (Å²) in [4.78, 5) is 12.4. The third-order valence-electron chi connectivity index (χ3n) is 2.33. The summed E-state index contributed by atoms with van der Waals surface area (Å²) in [6, 6.07) is 7.37. The first-order valence-electron chi connectivity index (χ1n) is 5.49. The number of ether oxygens (including phenoxy) is 1. The van der Waals surface area contributed by atoms with Gasteiger partial charge in [-0.2, -0.15) is 0 Å². The Kier molecular flexibility index (Phi) is 4.52. The number of rotatable bonds is 6. The number of nitrogens with two attached hydrogens (primary N) is 1. The SMILES string of the molecule is NNC(=O)c1ccc(COCCc2cccs2)o1. The zero-order valence-corrected chi connectivity index (χ0v) is 10.5. The summed E-state index contributed by atoms with van der Waals surface area (Å²) in [5.41, 5.74) is 2.01. The predicted octanol–water partition coefficient (Wildman–Crippen LogP) is 1.70. The molecule has 0 unspecified atom stereocenters. The second kappa shape index (κ2) is 6.34. The maximum absolute atomic E-state index is 11.1. The number of hydrogen-bond acceptors (Lipinski definition) is 5. The number of hydrazine groups is 1. The van der Waals surface area contributed by atoms with Crippen molar-refractivity contribution in [3.63, 3.8) is 0 Å². The van der Waals surface area contributed by atoms with Gasteiger partial charge in [0.2, 0.25) is 0 Å². The fourth-order valence-electron chi connectivity index (χ4n) is 1.45. The Morgan fingerprint density at radius 1 is 1.44 bits per heavy atom. The van der Waals surface area contributed by atoms with Crippen LogP contribution < -0.4 is 11.3 Å². The molecule has 2 rings (SSSR count). The Balaban J connectivity index is 1.73. The second-order valence-electron chi connectivity index (χ2n) is 3.62. The summed E-state index contributed by atoms with van der Waals surface area (Å²) in [6.07, 6.45) is 0.883. The lowest BCUT2D eigenvalue weighted by molar-refractivity contribution is 0.0899. The number of amides is 1. The van der Waals surface area contributed by atoms with Gasteiger partial charge in [0.1, 0.15) is 12.4 Å². The average Bonchev–Trinajstić information content (AvgIpc) is 3.05. The zero-order chi connectivity index (χ0) is 12.8. The van der Waals surface area contributed by atoms with Gasteiger partial charge in [-0.3, -0.25) is 10.2 Å².